The van der Waals surface area contributed by atoms with Crippen LogP contribution in [0.3, 0.4) is 0 Å². The lowest BCUT2D eigenvalue weighted by Gasteiger charge is -2.32. The first-order chi connectivity index (χ1) is 9.38. The zero-order valence-electron chi connectivity index (χ0n) is 11.8. The first-order valence-electron chi connectivity index (χ1n) is 6.62. The van der Waals surface area contributed by atoms with E-state index in [0.29, 0.717) is 18.7 Å². The molecule has 1 aliphatic heterocycles. The SMILES string of the molecule is CC(O)c1ccc(S(=O)(=O)NN2CCN(C)CC2)cc1. The van der Waals surface area contributed by atoms with E-state index in [4.69, 9.17) is 0 Å². The second-order valence-electron chi connectivity index (χ2n) is 5.13. The van der Waals surface area contributed by atoms with E-state index < -0.39 is 16.1 Å². The van der Waals surface area contributed by atoms with E-state index in [1.807, 2.05) is 7.05 Å². The number of hydrazine groups is 1. The van der Waals surface area contributed by atoms with Crippen LogP contribution < -0.4 is 4.83 Å². The normalized spacial score (nSPS) is 19.9. The van der Waals surface area contributed by atoms with Crippen molar-refractivity contribution in [1.29, 1.82) is 0 Å². The minimum absolute atomic E-state index is 0.209. The number of nitrogens with zero attached hydrogens (tertiary/aromatic N) is 2. The lowest BCUT2D eigenvalue weighted by molar-refractivity contribution is 0.135. The van der Waals surface area contributed by atoms with E-state index in [2.05, 4.69) is 9.73 Å². The van der Waals surface area contributed by atoms with E-state index in [1.165, 1.54) is 12.1 Å². The van der Waals surface area contributed by atoms with E-state index in [0.717, 1.165) is 13.1 Å². The average Bonchev–Trinajstić information content (AvgIpc) is 2.41. The summed E-state index contributed by atoms with van der Waals surface area (Å²) >= 11 is 0. The molecule has 0 aromatic heterocycles. The van der Waals surface area contributed by atoms with Crippen LogP contribution >= 0.6 is 0 Å². The standard InChI is InChI=1S/C13H21N3O3S/c1-11(17)12-3-5-13(6-4-12)20(18,19)14-16-9-7-15(2)8-10-16/h3-6,11,14,17H,7-10H2,1-2H3. The molecule has 1 saturated heterocycles. The first kappa shape index (κ1) is 15.4. The zero-order valence-corrected chi connectivity index (χ0v) is 12.6. The second-order valence-corrected chi connectivity index (χ2v) is 6.79. The van der Waals surface area contributed by atoms with Crippen LogP contribution in [0.2, 0.25) is 0 Å². The molecule has 6 nitrogen and oxygen atoms in total. The molecule has 1 aliphatic rings. The molecule has 1 atom stereocenters. The highest BCUT2D eigenvalue weighted by atomic mass is 32.2. The molecule has 1 aromatic rings. The molecule has 7 heteroatoms. The molecule has 2 rings (SSSR count). The van der Waals surface area contributed by atoms with Gasteiger partial charge in [-0.2, -0.15) is 0 Å². The number of rotatable bonds is 4. The van der Waals surface area contributed by atoms with Gasteiger partial charge in [0.2, 0.25) is 0 Å². The Balaban J connectivity index is 2.06. The number of hydrogen-bond donors (Lipinski definition) is 2. The van der Waals surface area contributed by atoms with Gasteiger partial charge in [-0.3, -0.25) is 0 Å². The molecule has 1 unspecified atom stereocenters. The van der Waals surface area contributed by atoms with Crippen molar-refractivity contribution in [2.45, 2.75) is 17.9 Å². The number of hydrogen-bond acceptors (Lipinski definition) is 5. The minimum Gasteiger partial charge on any atom is -0.389 e. The summed E-state index contributed by atoms with van der Waals surface area (Å²) in [5.74, 6) is 0. The predicted molar refractivity (Wildman–Crippen MR) is 76.5 cm³/mol. The van der Waals surface area contributed by atoms with Crippen molar-refractivity contribution in [3.8, 4) is 0 Å². The summed E-state index contributed by atoms with van der Waals surface area (Å²) in [5, 5.41) is 11.1. The number of likely N-dealkylation sites (N-methyl/N-ethyl adjacent to an activating group) is 1. The molecular weight excluding hydrogens is 278 g/mol. The summed E-state index contributed by atoms with van der Waals surface area (Å²) in [5.41, 5.74) is 0.698. The molecule has 2 N–H and O–H groups in total. The van der Waals surface area contributed by atoms with E-state index in [9.17, 15) is 13.5 Å². The first-order valence-corrected chi connectivity index (χ1v) is 8.11. The summed E-state index contributed by atoms with van der Waals surface area (Å²) < 4.78 is 24.5. The largest absolute Gasteiger partial charge is 0.389 e. The third kappa shape index (κ3) is 3.77. The highest BCUT2D eigenvalue weighted by Crippen LogP contribution is 2.16. The summed E-state index contributed by atoms with van der Waals surface area (Å²) in [4.78, 5) is 4.96. The number of nitrogens with one attached hydrogen (secondary N) is 1. The van der Waals surface area contributed by atoms with Crippen molar-refractivity contribution < 1.29 is 13.5 Å². The van der Waals surface area contributed by atoms with Gasteiger partial charge in [-0.15, -0.1) is 4.83 Å². The number of piperazine rings is 1. The zero-order chi connectivity index (χ0) is 14.8. The van der Waals surface area contributed by atoms with Crippen molar-refractivity contribution in [2.75, 3.05) is 33.2 Å². The van der Waals surface area contributed by atoms with Gasteiger partial charge < -0.3 is 10.0 Å². The molecule has 0 radical (unpaired) electrons. The Labute approximate surface area is 120 Å². The van der Waals surface area contributed by atoms with Crippen molar-refractivity contribution in [2.24, 2.45) is 0 Å². The molecule has 112 valence electrons. The van der Waals surface area contributed by atoms with E-state index >= 15 is 0 Å². The van der Waals surface area contributed by atoms with Crippen molar-refractivity contribution in [1.82, 2.24) is 14.7 Å². The van der Waals surface area contributed by atoms with Crippen LogP contribution in [0, 0.1) is 0 Å². The van der Waals surface area contributed by atoms with Gasteiger partial charge in [0.15, 0.2) is 0 Å². The van der Waals surface area contributed by atoms with Crippen LogP contribution in [0.4, 0.5) is 0 Å². The van der Waals surface area contributed by atoms with Gasteiger partial charge >= 0.3 is 0 Å². The van der Waals surface area contributed by atoms with Crippen molar-refractivity contribution in [3.05, 3.63) is 29.8 Å². The molecule has 20 heavy (non-hydrogen) atoms. The highest BCUT2D eigenvalue weighted by molar-refractivity contribution is 7.89. The van der Waals surface area contributed by atoms with Gasteiger partial charge in [-0.25, -0.2) is 13.4 Å². The van der Waals surface area contributed by atoms with E-state index in [1.54, 1.807) is 24.1 Å². The Morgan fingerprint density at radius 2 is 1.70 bits per heavy atom. The molecule has 0 bridgehead atoms. The van der Waals surface area contributed by atoms with E-state index in [-0.39, 0.29) is 4.90 Å². The van der Waals surface area contributed by atoms with Gasteiger partial charge in [-0.1, -0.05) is 12.1 Å². The lowest BCUT2D eigenvalue weighted by atomic mass is 10.1. The summed E-state index contributed by atoms with van der Waals surface area (Å²) in [6.45, 7) is 4.65. The third-order valence-electron chi connectivity index (χ3n) is 3.43. The molecule has 1 heterocycles. The van der Waals surface area contributed by atoms with Gasteiger partial charge in [0.05, 0.1) is 11.0 Å². The third-order valence-corrected chi connectivity index (χ3v) is 4.82. The Kier molecular flexibility index (Phi) is 4.77. The topological polar surface area (TPSA) is 72.9 Å². The predicted octanol–water partition coefficient (Wildman–Crippen LogP) is 0.181. The number of sulfonamides is 1. The lowest BCUT2D eigenvalue weighted by Crippen LogP contribution is -2.52. The Morgan fingerprint density at radius 1 is 1.15 bits per heavy atom. The number of benzene rings is 1. The van der Waals surface area contributed by atoms with Crippen LogP contribution in [0.1, 0.15) is 18.6 Å². The summed E-state index contributed by atoms with van der Waals surface area (Å²) in [7, 11) is -1.53. The fourth-order valence-electron chi connectivity index (χ4n) is 2.05. The molecular formula is C13H21N3O3S. The maximum absolute atomic E-state index is 12.2. The Morgan fingerprint density at radius 3 is 2.20 bits per heavy atom. The molecule has 0 spiro atoms. The van der Waals surface area contributed by atoms with Crippen LogP contribution in [0.15, 0.2) is 29.2 Å². The number of aliphatic hydroxyl groups is 1. The molecule has 1 fully saturated rings. The molecule has 0 amide bonds. The van der Waals surface area contributed by atoms with Crippen LogP contribution in [-0.4, -0.2) is 56.7 Å². The van der Waals surface area contributed by atoms with Gasteiger partial charge in [0, 0.05) is 26.2 Å². The molecule has 1 aromatic carbocycles. The summed E-state index contributed by atoms with van der Waals surface area (Å²) in [6, 6.07) is 6.29. The van der Waals surface area contributed by atoms with Gasteiger partial charge in [-0.05, 0) is 31.7 Å². The fraction of sp³-hybridized carbons (Fsp3) is 0.538. The fourth-order valence-corrected chi connectivity index (χ4v) is 3.17. The number of aliphatic hydroxyl groups excluding tert-OH is 1. The smallest absolute Gasteiger partial charge is 0.253 e. The van der Waals surface area contributed by atoms with Crippen LogP contribution in [0.5, 0.6) is 0 Å². The Bertz CT molecular complexity index is 534. The summed E-state index contributed by atoms with van der Waals surface area (Å²) in [6.07, 6.45) is -0.600. The van der Waals surface area contributed by atoms with Crippen LogP contribution in [0.25, 0.3) is 0 Å². The van der Waals surface area contributed by atoms with Gasteiger partial charge in [0.25, 0.3) is 10.0 Å². The Hall–Kier alpha value is -0.990. The van der Waals surface area contributed by atoms with Crippen molar-refractivity contribution >= 4 is 10.0 Å². The highest BCUT2D eigenvalue weighted by Gasteiger charge is 2.21. The molecule has 0 aliphatic carbocycles. The maximum Gasteiger partial charge on any atom is 0.253 e. The minimum atomic E-state index is -3.54. The van der Waals surface area contributed by atoms with Gasteiger partial charge in [0.1, 0.15) is 0 Å². The maximum atomic E-state index is 12.2. The van der Waals surface area contributed by atoms with Crippen molar-refractivity contribution in [3.63, 3.8) is 0 Å². The second kappa shape index (κ2) is 6.19. The van der Waals surface area contributed by atoms with Crippen LogP contribution in [-0.2, 0) is 10.0 Å². The molecule has 0 saturated carbocycles. The monoisotopic (exact) mass is 299 g/mol. The quantitative estimate of drug-likeness (QED) is 0.830. The average molecular weight is 299 g/mol.